The molecule has 5 rings (SSSR count). The first-order valence-electron chi connectivity index (χ1n) is 10.8. The first kappa shape index (κ1) is 21.1. The van der Waals surface area contributed by atoms with Crippen LogP contribution in [0.3, 0.4) is 0 Å². The standard InChI is InChI=1S/C27H23N3O2S/c1-17-12-18(2)26-22(13-17)23(30-32-26)14-25(31)28-15-19-8-10-21(11-9-19)27-29-24(16-33-27)20-6-4-3-5-7-20/h3-13,16H,14-15H2,1-2H3,(H,28,31). The van der Waals surface area contributed by atoms with Crippen molar-refractivity contribution in [1.82, 2.24) is 15.5 Å². The van der Waals surface area contributed by atoms with Gasteiger partial charge in [0.1, 0.15) is 10.7 Å². The van der Waals surface area contributed by atoms with Gasteiger partial charge < -0.3 is 9.84 Å². The molecule has 3 aromatic carbocycles. The molecule has 6 heteroatoms. The molecule has 0 bridgehead atoms. The Morgan fingerprint density at radius 3 is 2.58 bits per heavy atom. The lowest BCUT2D eigenvalue weighted by atomic mass is 10.1. The Bertz CT molecular complexity index is 1420. The van der Waals surface area contributed by atoms with Crippen LogP contribution in [0.25, 0.3) is 32.8 Å². The Labute approximate surface area is 196 Å². The number of carbonyl (C=O) groups excluding carboxylic acids is 1. The minimum absolute atomic E-state index is 0.0825. The lowest BCUT2D eigenvalue weighted by Crippen LogP contribution is -2.24. The second kappa shape index (κ2) is 9.00. The van der Waals surface area contributed by atoms with Crippen LogP contribution in [0.2, 0.25) is 0 Å². The Kier molecular flexibility index (Phi) is 5.75. The highest BCUT2D eigenvalue weighted by molar-refractivity contribution is 7.13. The van der Waals surface area contributed by atoms with Gasteiger partial charge in [0.05, 0.1) is 12.1 Å². The predicted molar refractivity (Wildman–Crippen MR) is 132 cm³/mol. The molecule has 33 heavy (non-hydrogen) atoms. The number of nitrogens with zero attached hydrogens (tertiary/aromatic N) is 2. The molecule has 0 unspecified atom stereocenters. The number of aromatic nitrogens is 2. The summed E-state index contributed by atoms with van der Waals surface area (Å²) < 4.78 is 5.45. The highest BCUT2D eigenvalue weighted by Crippen LogP contribution is 2.29. The summed E-state index contributed by atoms with van der Waals surface area (Å²) in [5.41, 5.74) is 7.77. The van der Waals surface area contributed by atoms with E-state index in [4.69, 9.17) is 9.51 Å². The number of hydrogen-bond donors (Lipinski definition) is 1. The van der Waals surface area contributed by atoms with Crippen molar-refractivity contribution in [3.8, 4) is 21.8 Å². The van der Waals surface area contributed by atoms with Crippen LogP contribution in [0.5, 0.6) is 0 Å². The van der Waals surface area contributed by atoms with E-state index in [9.17, 15) is 4.79 Å². The summed E-state index contributed by atoms with van der Waals surface area (Å²) >= 11 is 1.63. The topological polar surface area (TPSA) is 68.0 Å². The fraction of sp³-hybridized carbons (Fsp3) is 0.148. The number of aryl methyl sites for hydroxylation is 2. The van der Waals surface area contributed by atoms with Gasteiger partial charge >= 0.3 is 0 Å². The molecule has 5 aromatic rings. The minimum atomic E-state index is -0.0825. The number of hydrogen-bond acceptors (Lipinski definition) is 5. The Morgan fingerprint density at radius 1 is 1.00 bits per heavy atom. The Balaban J connectivity index is 1.22. The van der Waals surface area contributed by atoms with Crippen molar-refractivity contribution in [3.63, 3.8) is 0 Å². The molecule has 0 fully saturated rings. The Morgan fingerprint density at radius 2 is 1.79 bits per heavy atom. The van der Waals surface area contributed by atoms with Gasteiger partial charge in [-0.2, -0.15) is 0 Å². The Hall–Kier alpha value is -3.77. The molecule has 0 aliphatic rings. The molecule has 0 aliphatic heterocycles. The third-order valence-corrected chi connectivity index (χ3v) is 6.46. The van der Waals surface area contributed by atoms with Crippen molar-refractivity contribution in [3.05, 3.63) is 94.5 Å². The zero-order chi connectivity index (χ0) is 22.8. The summed E-state index contributed by atoms with van der Waals surface area (Å²) in [6, 6.07) is 22.4. The molecule has 2 aromatic heterocycles. The predicted octanol–water partition coefficient (Wildman–Crippen LogP) is 6.09. The second-order valence-corrected chi connectivity index (χ2v) is 9.00. The van der Waals surface area contributed by atoms with Crippen molar-refractivity contribution in [2.24, 2.45) is 0 Å². The first-order valence-corrected chi connectivity index (χ1v) is 11.7. The summed E-state index contributed by atoms with van der Waals surface area (Å²) in [4.78, 5) is 17.3. The SMILES string of the molecule is Cc1cc(C)c2onc(CC(=O)NCc3ccc(-c4nc(-c5ccccc5)cs4)cc3)c2c1. The van der Waals surface area contributed by atoms with Gasteiger partial charge in [0.15, 0.2) is 5.58 Å². The van der Waals surface area contributed by atoms with Gasteiger partial charge in [0.25, 0.3) is 0 Å². The van der Waals surface area contributed by atoms with Gasteiger partial charge in [-0.3, -0.25) is 4.79 Å². The zero-order valence-electron chi connectivity index (χ0n) is 18.5. The third-order valence-electron chi connectivity index (χ3n) is 5.57. The number of benzene rings is 3. The molecule has 2 heterocycles. The molecule has 1 amide bonds. The van der Waals surface area contributed by atoms with E-state index in [2.05, 4.69) is 34.1 Å². The van der Waals surface area contributed by atoms with E-state index in [1.165, 1.54) is 0 Å². The van der Waals surface area contributed by atoms with Crippen molar-refractivity contribution < 1.29 is 9.32 Å². The highest BCUT2D eigenvalue weighted by Gasteiger charge is 2.14. The molecule has 0 atom stereocenters. The van der Waals surface area contributed by atoms with Gasteiger partial charge in [-0.05, 0) is 36.6 Å². The maximum absolute atomic E-state index is 12.5. The normalized spacial score (nSPS) is 11.1. The quantitative estimate of drug-likeness (QED) is 0.338. The number of carbonyl (C=O) groups is 1. The van der Waals surface area contributed by atoms with Gasteiger partial charge in [0.2, 0.25) is 5.91 Å². The van der Waals surface area contributed by atoms with Crippen LogP contribution in [-0.4, -0.2) is 16.0 Å². The fourth-order valence-electron chi connectivity index (χ4n) is 3.90. The van der Waals surface area contributed by atoms with Crippen LogP contribution < -0.4 is 5.32 Å². The van der Waals surface area contributed by atoms with E-state index >= 15 is 0 Å². The van der Waals surface area contributed by atoms with Crippen LogP contribution >= 0.6 is 11.3 Å². The van der Waals surface area contributed by atoms with Crippen LogP contribution in [-0.2, 0) is 17.8 Å². The average Bonchev–Trinajstić information content (AvgIpc) is 3.47. The molecular formula is C27H23N3O2S. The monoisotopic (exact) mass is 453 g/mol. The van der Waals surface area contributed by atoms with Gasteiger partial charge in [-0.15, -0.1) is 11.3 Å². The summed E-state index contributed by atoms with van der Waals surface area (Å²) in [6.45, 7) is 4.48. The van der Waals surface area contributed by atoms with E-state index in [0.29, 0.717) is 12.2 Å². The fourth-order valence-corrected chi connectivity index (χ4v) is 4.73. The highest BCUT2D eigenvalue weighted by atomic mass is 32.1. The largest absolute Gasteiger partial charge is 0.356 e. The minimum Gasteiger partial charge on any atom is -0.356 e. The average molecular weight is 454 g/mol. The van der Waals surface area contributed by atoms with Crippen LogP contribution in [0, 0.1) is 13.8 Å². The van der Waals surface area contributed by atoms with Crippen LogP contribution in [0.1, 0.15) is 22.4 Å². The van der Waals surface area contributed by atoms with Gasteiger partial charge in [0, 0.05) is 28.4 Å². The van der Waals surface area contributed by atoms with Gasteiger partial charge in [-0.1, -0.05) is 65.8 Å². The second-order valence-electron chi connectivity index (χ2n) is 8.14. The van der Waals surface area contributed by atoms with Crippen molar-refractivity contribution in [2.75, 3.05) is 0 Å². The molecule has 1 N–H and O–H groups in total. The molecule has 0 saturated heterocycles. The summed E-state index contributed by atoms with van der Waals surface area (Å²) in [5.74, 6) is -0.0825. The number of nitrogens with one attached hydrogen (secondary N) is 1. The molecule has 0 saturated carbocycles. The molecule has 0 aliphatic carbocycles. The van der Waals surface area contributed by atoms with E-state index in [-0.39, 0.29) is 12.3 Å². The third kappa shape index (κ3) is 4.56. The van der Waals surface area contributed by atoms with E-state index in [1.54, 1.807) is 11.3 Å². The van der Waals surface area contributed by atoms with E-state index in [0.717, 1.165) is 49.5 Å². The summed E-state index contributed by atoms with van der Waals surface area (Å²) in [6.07, 6.45) is 0.190. The van der Waals surface area contributed by atoms with Gasteiger partial charge in [-0.25, -0.2) is 4.98 Å². The molecule has 164 valence electrons. The lowest BCUT2D eigenvalue weighted by Gasteiger charge is -2.05. The van der Waals surface area contributed by atoms with Crippen molar-refractivity contribution in [1.29, 1.82) is 0 Å². The van der Waals surface area contributed by atoms with Crippen molar-refractivity contribution >= 4 is 28.2 Å². The molecule has 5 nitrogen and oxygen atoms in total. The summed E-state index contributed by atoms with van der Waals surface area (Å²) in [7, 11) is 0. The smallest absolute Gasteiger partial charge is 0.226 e. The maximum Gasteiger partial charge on any atom is 0.226 e. The molecular weight excluding hydrogens is 430 g/mol. The van der Waals surface area contributed by atoms with Crippen molar-refractivity contribution in [2.45, 2.75) is 26.8 Å². The zero-order valence-corrected chi connectivity index (χ0v) is 19.3. The van der Waals surface area contributed by atoms with Crippen LogP contribution in [0.15, 0.2) is 76.6 Å². The maximum atomic E-state index is 12.5. The van der Waals surface area contributed by atoms with E-state index in [1.807, 2.05) is 62.4 Å². The number of amides is 1. The number of thiazole rings is 1. The number of fused-ring (bicyclic) bond motifs is 1. The molecule has 0 radical (unpaired) electrons. The summed E-state index contributed by atoms with van der Waals surface area (Å²) in [5, 5.41) is 11.1. The first-order chi connectivity index (χ1) is 16.1. The lowest BCUT2D eigenvalue weighted by molar-refractivity contribution is -0.120. The van der Waals surface area contributed by atoms with E-state index < -0.39 is 0 Å². The number of rotatable bonds is 6. The molecule has 0 spiro atoms. The van der Waals surface area contributed by atoms with Crippen LogP contribution in [0.4, 0.5) is 0 Å².